The summed E-state index contributed by atoms with van der Waals surface area (Å²) in [6, 6.07) is 5.12. The maximum atomic E-state index is 12.2. The van der Waals surface area contributed by atoms with Crippen molar-refractivity contribution in [1.29, 1.82) is 0 Å². The van der Waals surface area contributed by atoms with Gasteiger partial charge in [0.2, 0.25) is 0 Å². The Labute approximate surface area is 110 Å². The summed E-state index contributed by atoms with van der Waals surface area (Å²) >= 11 is 0. The molecule has 0 spiro atoms. The summed E-state index contributed by atoms with van der Waals surface area (Å²) in [5.74, 6) is -2.87. The van der Waals surface area contributed by atoms with Gasteiger partial charge in [0.1, 0.15) is 0 Å². The highest BCUT2D eigenvalue weighted by Crippen LogP contribution is 2.27. The van der Waals surface area contributed by atoms with Gasteiger partial charge in [0.15, 0.2) is 0 Å². The monoisotopic (exact) mass is 260 g/mol. The van der Waals surface area contributed by atoms with Crippen molar-refractivity contribution in [2.45, 2.75) is 26.3 Å². The molecular formula is C14H14NO4-. The topological polar surface area (TPSA) is 77.5 Å². The third kappa shape index (κ3) is 2.01. The largest absolute Gasteiger partial charge is 0.548 e. The Bertz CT molecular complexity index is 517. The molecule has 0 aliphatic carbocycles. The van der Waals surface area contributed by atoms with Crippen LogP contribution >= 0.6 is 0 Å². The predicted molar refractivity (Wildman–Crippen MR) is 65.2 cm³/mol. The number of nitrogens with zero attached hydrogens (tertiary/aromatic N) is 1. The lowest BCUT2D eigenvalue weighted by Gasteiger charge is -2.31. The summed E-state index contributed by atoms with van der Waals surface area (Å²) in [6.45, 7) is 3.49. The highest BCUT2D eigenvalue weighted by Gasteiger charge is 2.41. The van der Waals surface area contributed by atoms with E-state index in [1.807, 2.05) is 0 Å². The molecule has 0 bridgehead atoms. The van der Waals surface area contributed by atoms with Gasteiger partial charge in [-0.15, -0.1) is 0 Å². The van der Waals surface area contributed by atoms with Crippen LogP contribution in [0.15, 0.2) is 24.3 Å². The number of aliphatic carboxylic acids is 1. The SMILES string of the molecule is CC[C@@H](C)[C@@H](C(=O)[O-])N1C(=O)c2ccccc2C1=O. The van der Waals surface area contributed by atoms with Gasteiger partial charge in [-0.05, 0) is 18.1 Å². The number of fused-ring (bicyclic) bond motifs is 1. The molecule has 5 nitrogen and oxygen atoms in total. The van der Waals surface area contributed by atoms with Crippen molar-refractivity contribution >= 4 is 17.8 Å². The highest BCUT2D eigenvalue weighted by atomic mass is 16.4. The van der Waals surface area contributed by atoms with Crippen LogP contribution in [0.5, 0.6) is 0 Å². The lowest BCUT2D eigenvalue weighted by Crippen LogP contribution is -2.53. The quantitative estimate of drug-likeness (QED) is 0.736. The van der Waals surface area contributed by atoms with Crippen LogP contribution in [0.25, 0.3) is 0 Å². The van der Waals surface area contributed by atoms with E-state index in [0.29, 0.717) is 6.42 Å². The van der Waals surface area contributed by atoms with E-state index in [4.69, 9.17) is 0 Å². The van der Waals surface area contributed by atoms with Crippen LogP contribution in [0.4, 0.5) is 0 Å². The Balaban J connectivity index is 2.45. The molecule has 0 saturated carbocycles. The Morgan fingerprint density at radius 2 is 1.68 bits per heavy atom. The molecule has 1 aromatic carbocycles. The van der Waals surface area contributed by atoms with Gasteiger partial charge in [0.05, 0.1) is 23.1 Å². The van der Waals surface area contributed by atoms with Crippen LogP contribution in [0.3, 0.4) is 0 Å². The molecule has 0 saturated heterocycles. The maximum Gasteiger partial charge on any atom is 0.262 e. The van der Waals surface area contributed by atoms with Gasteiger partial charge in [-0.1, -0.05) is 32.4 Å². The molecule has 0 radical (unpaired) electrons. The molecule has 1 heterocycles. The summed E-state index contributed by atoms with van der Waals surface area (Å²) in [4.78, 5) is 36.5. The van der Waals surface area contributed by atoms with Gasteiger partial charge in [0, 0.05) is 0 Å². The van der Waals surface area contributed by atoms with Crippen LogP contribution < -0.4 is 5.11 Å². The molecule has 2 rings (SSSR count). The van der Waals surface area contributed by atoms with E-state index in [1.54, 1.807) is 26.0 Å². The van der Waals surface area contributed by atoms with Crippen molar-refractivity contribution < 1.29 is 19.5 Å². The van der Waals surface area contributed by atoms with E-state index in [9.17, 15) is 19.5 Å². The number of carbonyl (C=O) groups is 3. The van der Waals surface area contributed by atoms with Crippen LogP contribution in [-0.2, 0) is 4.79 Å². The highest BCUT2D eigenvalue weighted by molar-refractivity contribution is 6.22. The molecule has 1 aromatic rings. The number of carboxylic acid groups (broad SMARTS) is 1. The van der Waals surface area contributed by atoms with Crippen molar-refractivity contribution in [1.82, 2.24) is 4.90 Å². The molecule has 0 unspecified atom stereocenters. The average Bonchev–Trinajstić information content (AvgIpc) is 2.64. The fraction of sp³-hybridized carbons (Fsp3) is 0.357. The van der Waals surface area contributed by atoms with Gasteiger partial charge in [0.25, 0.3) is 11.8 Å². The fourth-order valence-electron chi connectivity index (χ4n) is 2.28. The lowest BCUT2D eigenvalue weighted by atomic mass is 9.98. The standard InChI is InChI=1S/C14H15NO4/c1-3-8(2)11(14(18)19)15-12(16)9-6-4-5-7-10(9)13(15)17/h4-8,11H,3H2,1-2H3,(H,18,19)/p-1/t8-,11+/m1/s1. The zero-order valence-electron chi connectivity index (χ0n) is 10.8. The Hall–Kier alpha value is -2.17. The van der Waals surface area contributed by atoms with E-state index >= 15 is 0 Å². The van der Waals surface area contributed by atoms with E-state index < -0.39 is 23.8 Å². The molecule has 5 heteroatoms. The van der Waals surface area contributed by atoms with Crippen LogP contribution in [0.1, 0.15) is 41.0 Å². The third-order valence-corrected chi connectivity index (χ3v) is 3.53. The molecule has 1 aliphatic rings. The first-order chi connectivity index (χ1) is 8.99. The first-order valence-corrected chi connectivity index (χ1v) is 6.16. The molecule has 0 fully saturated rings. The van der Waals surface area contributed by atoms with Crippen LogP contribution in [0.2, 0.25) is 0 Å². The summed E-state index contributed by atoms with van der Waals surface area (Å²) in [7, 11) is 0. The van der Waals surface area contributed by atoms with E-state index in [2.05, 4.69) is 0 Å². The Kier molecular flexibility index (Phi) is 3.38. The third-order valence-electron chi connectivity index (χ3n) is 3.53. The molecule has 2 amide bonds. The van der Waals surface area contributed by atoms with Crippen LogP contribution in [-0.4, -0.2) is 28.7 Å². The second-order valence-electron chi connectivity index (χ2n) is 4.68. The van der Waals surface area contributed by atoms with E-state index in [1.165, 1.54) is 12.1 Å². The minimum atomic E-state index is -1.40. The molecule has 1 aliphatic heterocycles. The molecule has 0 N–H and O–H groups in total. The first kappa shape index (κ1) is 13.3. The molecule has 0 aromatic heterocycles. The van der Waals surface area contributed by atoms with Gasteiger partial charge >= 0.3 is 0 Å². The predicted octanol–water partition coefficient (Wildman–Crippen LogP) is 0.447. The fourth-order valence-corrected chi connectivity index (χ4v) is 2.28. The van der Waals surface area contributed by atoms with Gasteiger partial charge in [-0.3, -0.25) is 14.5 Å². The minimum Gasteiger partial charge on any atom is -0.548 e. The van der Waals surface area contributed by atoms with Crippen LogP contribution in [0, 0.1) is 5.92 Å². The van der Waals surface area contributed by atoms with Crippen molar-refractivity contribution in [3.8, 4) is 0 Å². The van der Waals surface area contributed by atoms with Gasteiger partial charge in [-0.2, -0.15) is 0 Å². The zero-order chi connectivity index (χ0) is 14.2. The summed E-state index contributed by atoms with van der Waals surface area (Å²) < 4.78 is 0. The zero-order valence-corrected chi connectivity index (χ0v) is 10.8. The number of carbonyl (C=O) groups excluding carboxylic acids is 3. The molecular weight excluding hydrogens is 246 g/mol. The number of carboxylic acids is 1. The minimum absolute atomic E-state index is 0.252. The van der Waals surface area contributed by atoms with Crippen molar-refractivity contribution in [2.75, 3.05) is 0 Å². The second-order valence-corrected chi connectivity index (χ2v) is 4.68. The molecule has 19 heavy (non-hydrogen) atoms. The molecule has 100 valence electrons. The van der Waals surface area contributed by atoms with Crippen molar-refractivity contribution in [3.63, 3.8) is 0 Å². The summed E-state index contributed by atoms with van der Waals surface area (Å²) in [5.41, 5.74) is 0.504. The Morgan fingerprint density at radius 3 is 2.05 bits per heavy atom. The Morgan fingerprint density at radius 1 is 1.21 bits per heavy atom. The average molecular weight is 260 g/mol. The van der Waals surface area contributed by atoms with E-state index in [0.717, 1.165) is 4.90 Å². The summed E-state index contributed by atoms with van der Waals surface area (Å²) in [6.07, 6.45) is 0.534. The van der Waals surface area contributed by atoms with Crippen molar-refractivity contribution in [3.05, 3.63) is 35.4 Å². The number of amides is 2. The second kappa shape index (κ2) is 4.84. The maximum absolute atomic E-state index is 12.2. The first-order valence-electron chi connectivity index (χ1n) is 6.16. The number of hydrogen-bond acceptors (Lipinski definition) is 4. The number of hydrogen-bond donors (Lipinski definition) is 0. The molecule has 2 atom stereocenters. The van der Waals surface area contributed by atoms with Gasteiger partial charge in [-0.25, -0.2) is 0 Å². The summed E-state index contributed by atoms with van der Waals surface area (Å²) in [5, 5.41) is 11.3. The number of rotatable bonds is 4. The normalized spacial score (nSPS) is 17.3. The van der Waals surface area contributed by atoms with Gasteiger partial charge < -0.3 is 9.90 Å². The lowest BCUT2D eigenvalue weighted by molar-refractivity contribution is -0.311. The van der Waals surface area contributed by atoms with Crippen molar-refractivity contribution in [2.24, 2.45) is 5.92 Å². The number of benzene rings is 1. The van der Waals surface area contributed by atoms with E-state index in [-0.39, 0.29) is 17.0 Å². The number of imide groups is 1. The smallest absolute Gasteiger partial charge is 0.262 e.